The molecule has 1 atom stereocenters. The van der Waals surface area contributed by atoms with Gasteiger partial charge in [0.2, 0.25) is 0 Å². The van der Waals surface area contributed by atoms with E-state index in [2.05, 4.69) is 59.0 Å². The number of hydrogen-bond donors (Lipinski definition) is 2. The van der Waals surface area contributed by atoms with Crippen LogP contribution in [0.15, 0.2) is 66.7 Å². The van der Waals surface area contributed by atoms with Gasteiger partial charge < -0.3 is 10.4 Å². The van der Waals surface area contributed by atoms with Gasteiger partial charge in [-0.3, -0.25) is 4.79 Å². The molecule has 0 spiro atoms. The highest BCUT2D eigenvalue weighted by Gasteiger charge is 2.59. The molecule has 172 valence electrons. The van der Waals surface area contributed by atoms with Crippen molar-refractivity contribution in [3.05, 3.63) is 106 Å². The van der Waals surface area contributed by atoms with Crippen LogP contribution in [-0.2, 0) is 17.6 Å². The Morgan fingerprint density at radius 3 is 2.12 bits per heavy atom. The lowest BCUT2D eigenvalue weighted by Crippen LogP contribution is -2.56. The van der Waals surface area contributed by atoms with E-state index < -0.39 is 11.0 Å². The van der Waals surface area contributed by atoms with E-state index in [4.69, 9.17) is 0 Å². The van der Waals surface area contributed by atoms with Crippen molar-refractivity contribution in [2.45, 2.75) is 70.9 Å². The number of hydrogen-bond acceptors (Lipinski definition) is 2. The van der Waals surface area contributed by atoms with Crippen molar-refractivity contribution in [2.75, 3.05) is 0 Å². The second kappa shape index (κ2) is 8.46. The lowest BCUT2D eigenvalue weighted by Gasteiger charge is -2.56. The predicted octanol–water partition coefficient (Wildman–Crippen LogP) is 6.39. The number of rotatable bonds is 6. The number of carbonyl (C=O) groups is 1. The first-order chi connectivity index (χ1) is 15.6. The van der Waals surface area contributed by atoms with Gasteiger partial charge in [-0.25, -0.2) is 0 Å². The topological polar surface area (TPSA) is 49.3 Å². The lowest BCUT2D eigenvalue weighted by atomic mass is 9.50. The highest BCUT2D eigenvalue weighted by molar-refractivity contribution is 5.94. The van der Waals surface area contributed by atoms with Gasteiger partial charge in [-0.05, 0) is 57.3 Å². The summed E-state index contributed by atoms with van der Waals surface area (Å²) in [6, 6.07) is 21.9. The molecule has 0 fully saturated rings. The summed E-state index contributed by atoms with van der Waals surface area (Å²) >= 11 is 0. The van der Waals surface area contributed by atoms with Crippen LogP contribution in [0.4, 0.5) is 0 Å². The standard InChI is InChI=1S/C30H35NO2/c1-19(2)23-16-25(20(3)4)27-26(17-23)29(5,6)30(27,33)24-14-12-22(13-15-24)28(32)31-18-21-10-8-7-9-11-21/h7-17,19-20,33H,18H2,1-6H3,(H,31,32). The Balaban J connectivity index is 1.65. The van der Waals surface area contributed by atoms with Gasteiger partial charge in [-0.1, -0.05) is 96.1 Å². The monoisotopic (exact) mass is 441 g/mol. The molecular weight excluding hydrogens is 406 g/mol. The Morgan fingerprint density at radius 2 is 1.55 bits per heavy atom. The largest absolute Gasteiger partial charge is 0.379 e. The quantitative estimate of drug-likeness (QED) is 0.466. The maximum atomic E-state index is 12.7. The van der Waals surface area contributed by atoms with Crippen LogP contribution < -0.4 is 5.32 Å². The smallest absolute Gasteiger partial charge is 0.251 e. The highest BCUT2D eigenvalue weighted by Crippen LogP contribution is 2.60. The van der Waals surface area contributed by atoms with Gasteiger partial charge in [-0.15, -0.1) is 0 Å². The molecule has 0 saturated heterocycles. The Kier molecular flexibility index (Phi) is 5.96. The van der Waals surface area contributed by atoms with Crippen molar-refractivity contribution in [1.29, 1.82) is 0 Å². The minimum absolute atomic E-state index is 0.116. The van der Waals surface area contributed by atoms with Crippen LogP contribution >= 0.6 is 0 Å². The molecule has 0 aromatic heterocycles. The predicted molar refractivity (Wildman–Crippen MR) is 135 cm³/mol. The first-order valence-corrected chi connectivity index (χ1v) is 11.9. The Labute approximate surface area is 197 Å². The summed E-state index contributed by atoms with van der Waals surface area (Å²) in [5.74, 6) is 0.629. The summed E-state index contributed by atoms with van der Waals surface area (Å²) in [4.78, 5) is 12.7. The molecule has 4 rings (SSSR count). The first kappa shape index (κ1) is 23.3. The number of benzene rings is 3. The third-order valence-corrected chi connectivity index (χ3v) is 7.28. The lowest BCUT2D eigenvalue weighted by molar-refractivity contribution is -0.0255. The van der Waals surface area contributed by atoms with Gasteiger partial charge in [0.1, 0.15) is 5.60 Å². The van der Waals surface area contributed by atoms with Crippen LogP contribution in [0, 0.1) is 0 Å². The second-order valence-corrected chi connectivity index (χ2v) is 10.4. The zero-order chi connectivity index (χ0) is 24.0. The van der Waals surface area contributed by atoms with Crippen LogP contribution in [0.3, 0.4) is 0 Å². The number of amides is 1. The summed E-state index contributed by atoms with van der Waals surface area (Å²) in [5.41, 5.74) is 5.77. The van der Waals surface area contributed by atoms with E-state index in [-0.39, 0.29) is 5.91 Å². The molecule has 1 aliphatic rings. The van der Waals surface area contributed by atoms with E-state index >= 15 is 0 Å². The molecule has 0 saturated carbocycles. The Bertz CT molecular complexity index is 1140. The summed E-state index contributed by atoms with van der Waals surface area (Å²) in [5, 5.41) is 15.1. The molecule has 0 heterocycles. The normalized spacial score (nSPS) is 18.7. The van der Waals surface area contributed by atoms with Gasteiger partial charge in [0, 0.05) is 17.5 Å². The number of nitrogens with one attached hydrogen (secondary N) is 1. The van der Waals surface area contributed by atoms with Crippen LogP contribution in [0.25, 0.3) is 0 Å². The SMILES string of the molecule is CC(C)c1cc(C(C)C)c2c(c1)C(C)(C)C2(O)c1ccc(C(=O)NCc2ccccc2)cc1. The molecule has 3 aromatic rings. The first-order valence-electron chi connectivity index (χ1n) is 11.9. The third-order valence-electron chi connectivity index (χ3n) is 7.28. The highest BCUT2D eigenvalue weighted by atomic mass is 16.3. The molecular formula is C30H35NO2. The maximum Gasteiger partial charge on any atom is 0.251 e. The molecule has 1 unspecified atom stereocenters. The van der Waals surface area contributed by atoms with E-state index in [1.54, 1.807) is 0 Å². The molecule has 3 aromatic carbocycles. The number of aliphatic hydroxyl groups is 1. The van der Waals surface area contributed by atoms with E-state index in [9.17, 15) is 9.90 Å². The van der Waals surface area contributed by atoms with E-state index in [1.165, 1.54) is 16.7 Å². The van der Waals surface area contributed by atoms with Gasteiger partial charge in [0.25, 0.3) is 5.91 Å². The Morgan fingerprint density at radius 1 is 0.909 bits per heavy atom. The van der Waals surface area contributed by atoms with Gasteiger partial charge in [-0.2, -0.15) is 0 Å². The molecule has 2 N–H and O–H groups in total. The summed E-state index contributed by atoms with van der Waals surface area (Å²) in [6.07, 6.45) is 0. The van der Waals surface area contributed by atoms with Crippen molar-refractivity contribution in [3.63, 3.8) is 0 Å². The van der Waals surface area contributed by atoms with Gasteiger partial charge >= 0.3 is 0 Å². The molecule has 33 heavy (non-hydrogen) atoms. The zero-order valence-electron chi connectivity index (χ0n) is 20.6. The van der Waals surface area contributed by atoms with Crippen molar-refractivity contribution < 1.29 is 9.90 Å². The van der Waals surface area contributed by atoms with Crippen LogP contribution in [0.1, 0.15) is 97.1 Å². The molecule has 1 amide bonds. The third kappa shape index (κ3) is 3.79. The van der Waals surface area contributed by atoms with Crippen LogP contribution in [0.2, 0.25) is 0 Å². The zero-order valence-corrected chi connectivity index (χ0v) is 20.6. The van der Waals surface area contributed by atoms with E-state index in [1.807, 2.05) is 54.6 Å². The van der Waals surface area contributed by atoms with E-state index in [0.29, 0.717) is 23.9 Å². The summed E-state index contributed by atoms with van der Waals surface area (Å²) in [6.45, 7) is 13.5. The Hall–Kier alpha value is -2.91. The fraction of sp³-hybridized carbons (Fsp3) is 0.367. The average molecular weight is 442 g/mol. The fourth-order valence-corrected chi connectivity index (χ4v) is 5.07. The summed E-state index contributed by atoms with van der Waals surface area (Å²) < 4.78 is 0. The summed E-state index contributed by atoms with van der Waals surface area (Å²) in [7, 11) is 0. The molecule has 1 aliphatic carbocycles. The number of fused-ring (bicyclic) bond motifs is 1. The molecule has 0 radical (unpaired) electrons. The molecule has 3 heteroatoms. The fourth-order valence-electron chi connectivity index (χ4n) is 5.07. The minimum Gasteiger partial charge on any atom is -0.379 e. The van der Waals surface area contributed by atoms with Crippen molar-refractivity contribution >= 4 is 5.91 Å². The molecule has 0 bridgehead atoms. The minimum atomic E-state index is -1.09. The van der Waals surface area contributed by atoms with Crippen LogP contribution in [-0.4, -0.2) is 11.0 Å². The average Bonchev–Trinajstić information content (AvgIpc) is 2.81. The molecule has 3 nitrogen and oxygen atoms in total. The van der Waals surface area contributed by atoms with Crippen molar-refractivity contribution in [1.82, 2.24) is 5.32 Å². The van der Waals surface area contributed by atoms with Gasteiger partial charge in [0.15, 0.2) is 0 Å². The molecule has 0 aliphatic heterocycles. The number of carbonyl (C=O) groups excluding carboxylic acids is 1. The van der Waals surface area contributed by atoms with Crippen molar-refractivity contribution in [2.24, 2.45) is 0 Å². The van der Waals surface area contributed by atoms with Gasteiger partial charge in [0.05, 0.1) is 0 Å². The van der Waals surface area contributed by atoms with E-state index in [0.717, 1.165) is 16.7 Å². The second-order valence-electron chi connectivity index (χ2n) is 10.4. The maximum absolute atomic E-state index is 12.7. The van der Waals surface area contributed by atoms with Crippen LogP contribution in [0.5, 0.6) is 0 Å². The van der Waals surface area contributed by atoms with Crippen molar-refractivity contribution in [3.8, 4) is 0 Å².